The lowest BCUT2D eigenvalue weighted by Gasteiger charge is -2.13. The first-order valence-electron chi connectivity index (χ1n) is 9.30. The van der Waals surface area contributed by atoms with E-state index >= 15 is 0 Å². The molecule has 0 bridgehead atoms. The Kier molecular flexibility index (Phi) is 8.75. The summed E-state index contributed by atoms with van der Waals surface area (Å²) in [7, 11) is -3.42. The van der Waals surface area contributed by atoms with Gasteiger partial charge in [0, 0.05) is 22.0 Å². The Morgan fingerprint density at radius 3 is 2.41 bits per heavy atom. The molecule has 2 aromatic rings. The summed E-state index contributed by atoms with van der Waals surface area (Å²) >= 11 is 5.01. The van der Waals surface area contributed by atoms with E-state index in [9.17, 15) is 13.2 Å². The van der Waals surface area contributed by atoms with Gasteiger partial charge in [-0.2, -0.15) is 0 Å². The van der Waals surface area contributed by atoms with Crippen molar-refractivity contribution in [2.24, 2.45) is 0 Å². The van der Waals surface area contributed by atoms with Gasteiger partial charge >= 0.3 is 0 Å². The lowest BCUT2D eigenvalue weighted by molar-refractivity contribution is -0.118. The van der Waals surface area contributed by atoms with E-state index in [0.717, 1.165) is 26.1 Å². The molecule has 1 amide bonds. The van der Waals surface area contributed by atoms with E-state index in [4.69, 9.17) is 0 Å². The molecule has 0 aliphatic heterocycles. The maximum atomic E-state index is 12.3. The molecule has 0 aliphatic rings. The molecule has 2 rings (SSSR count). The van der Waals surface area contributed by atoms with Gasteiger partial charge in [0.25, 0.3) is 0 Å². The van der Waals surface area contributed by atoms with Crippen LogP contribution in [0.15, 0.2) is 45.8 Å². The van der Waals surface area contributed by atoms with E-state index < -0.39 is 10.0 Å². The van der Waals surface area contributed by atoms with Crippen LogP contribution in [0.2, 0.25) is 0 Å². The molecule has 2 N–H and O–H groups in total. The molecular weight excluding hydrogens is 472 g/mol. The number of carbonyl (C=O) groups excluding carboxylic acids is 1. The minimum Gasteiger partial charge on any atom is -0.351 e. The molecular formula is C21H27BrN2O3S2. The van der Waals surface area contributed by atoms with Crippen LogP contribution in [-0.4, -0.2) is 26.1 Å². The van der Waals surface area contributed by atoms with Gasteiger partial charge in [-0.25, -0.2) is 13.1 Å². The summed E-state index contributed by atoms with van der Waals surface area (Å²) in [5, 5.41) is 2.90. The third-order valence-electron chi connectivity index (χ3n) is 4.17. The van der Waals surface area contributed by atoms with E-state index in [2.05, 4.69) is 38.1 Å². The number of nitrogens with one attached hydrogen (secondary N) is 2. The van der Waals surface area contributed by atoms with Gasteiger partial charge < -0.3 is 5.32 Å². The van der Waals surface area contributed by atoms with Crippen LogP contribution in [0.1, 0.15) is 36.1 Å². The number of benzene rings is 2. The van der Waals surface area contributed by atoms with Gasteiger partial charge in [0.2, 0.25) is 15.9 Å². The van der Waals surface area contributed by atoms with Gasteiger partial charge in [-0.1, -0.05) is 40.2 Å². The molecule has 5 nitrogen and oxygen atoms in total. The van der Waals surface area contributed by atoms with Crippen molar-refractivity contribution in [2.75, 3.05) is 5.75 Å². The normalized spacial score (nSPS) is 11.7. The molecule has 0 radical (unpaired) electrons. The van der Waals surface area contributed by atoms with Crippen molar-refractivity contribution < 1.29 is 13.2 Å². The lowest BCUT2D eigenvalue weighted by Crippen LogP contribution is -2.32. The Morgan fingerprint density at radius 1 is 1.10 bits per heavy atom. The monoisotopic (exact) mass is 498 g/mol. The van der Waals surface area contributed by atoms with E-state index in [0.29, 0.717) is 17.9 Å². The van der Waals surface area contributed by atoms with E-state index in [1.165, 1.54) is 11.8 Å². The summed E-state index contributed by atoms with van der Waals surface area (Å²) in [6.45, 7) is 7.91. The zero-order valence-electron chi connectivity index (χ0n) is 17.1. The minimum atomic E-state index is -3.42. The molecule has 0 saturated carbocycles. The number of amides is 1. The average Bonchev–Trinajstić information content (AvgIpc) is 2.61. The predicted octanol–water partition coefficient (Wildman–Crippen LogP) is 4.30. The fourth-order valence-electron chi connectivity index (χ4n) is 2.77. The number of aryl methyl sites for hydroxylation is 2. The maximum Gasteiger partial charge on any atom is 0.230 e. The van der Waals surface area contributed by atoms with Crippen molar-refractivity contribution in [1.29, 1.82) is 0 Å². The van der Waals surface area contributed by atoms with Gasteiger partial charge in [0.1, 0.15) is 0 Å². The topological polar surface area (TPSA) is 75.3 Å². The van der Waals surface area contributed by atoms with E-state index in [-0.39, 0.29) is 17.7 Å². The van der Waals surface area contributed by atoms with Crippen LogP contribution in [0.5, 0.6) is 0 Å². The van der Waals surface area contributed by atoms with Crippen LogP contribution in [0.25, 0.3) is 0 Å². The average molecular weight is 499 g/mol. The second-order valence-corrected chi connectivity index (χ2v) is 10.9. The summed E-state index contributed by atoms with van der Waals surface area (Å²) in [6, 6.07) is 11.2. The van der Waals surface area contributed by atoms with Crippen molar-refractivity contribution in [3.05, 3.63) is 63.1 Å². The van der Waals surface area contributed by atoms with Crippen LogP contribution >= 0.6 is 27.7 Å². The van der Waals surface area contributed by atoms with Gasteiger partial charge in [-0.15, -0.1) is 11.8 Å². The first-order valence-corrected chi connectivity index (χ1v) is 12.7. The maximum absolute atomic E-state index is 12.3. The Labute approximate surface area is 186 Å². The van der Waals surface area contributed by atoms with E-state index in [1.807, 2.05) is 26.0 Å². The summed E-state index contributed by atoms with van der Waals surface area (Å²) in [4.78, 5) is 13.4. The van der Waals surface area contributed by atoms with Crippen molar-refractivity contribution in [3.63, 3.8) is 0 Å². The number of sulfonamides is 1. The molecule has 29 heavy (non-hydrogen) atoms. The zero-order chi connectivity index (χ0) is 21.6. The summed E-state index contributed by atoms with van der Waals surface area (Å²) < 4.78 is 28.1. The number of hydrogen-bond donors (Lipinski definition) is 2. The molecule has 0 spiro atoms. The third-order valence-corrected chi connectivity index (χ3v) is 7.70. The summed E-state index contributed by atoms with van der Waals surface area (Å²) in [6.07, 6.45) is 0. The highest BCUT2D eigenvalue weighted by atomic mass is 79.9. The highest BCUT2D eigenvalue weighted by Gasteiger charge is 2.15. The molecule has 0 unspecified atom stereocenters. The molecule has 0 aliphatic carbocycles. The van der Waals surface area contributed by atoms with E-state index in [1.54, 1.807) is 26.0 Å². The quantitative estimate of drug-likeness (QED) is 0.505. The minimum absolute atomic E-state index is 0.0899. The van der Waals surface area contributed by atoms with Crippen LogP contribution < -0.4 is 10.0 Å². The van der Waals surface area contributed by atoms with Crippen LogP contribution in [0.3, 0.4) is 0 Å². The summed E-state index contributed by atoms with van der Waals surface area (Å²) in [5.41, 5.74) is 3.74. The van der Waals surface area contributed by atoms with Crippen LogP contribution in [-0.2, 0) is 27.1 Å². The number of hydrogen-bond acceptors (Lipinski definition) is 4. The highest BCUT2D eigenvalue weighted by molar-refractivity contribution is 9.10. The fourth-order valence-corrected chi connectivity index (χ4v) is 5.66. The van der Waals surface area contributed by atoms with Crippen molar-refractivity contribution in [2.45, 2.75) is 50.9 Å². The number of halogens is 1. The van der Waals surface area contributed by atoms with Crippen LogP contribution in [0.4, 0.5) is 0 Å². The Balaban J connectivity index is 1.96. The predicted molar refractivity (Wildman–Crippen MR) is 124 cm³/mol. The van der Waals surface area contributed by atoms with Gasteiger partial charge in [0.05, 0.1) is 11.5 Å². The number of thioether (sulfide) groups is 1. The van der Waals surface area contributed by atoms with Crippen molar-refractivity contribution >= 4 is 43.6 Å². The number of rotatable bonds is 9. The van der Waals surface area contributed by atoms with Gasteiger partial charge in [-0.3, -0.25) is 4.79 Å². The molecule has 2 aromatic carbocycles. The largest absolute Gasteiger partial charge is 0.351 e. The zero-order valence-corrected chi connectivity index (χ0v) is 20.3. The Bertz CT molecular complexity index is 976. The fraction of sp³-hybridized carbons (Fsp3) is 0.381. The second kappa shape index (κ2) is 10.6. The SMILES string of the molecule is Cc1cc(SCC(=O)NCc2ccccc2CS(=O)(=O)NC(C)C)c(C)cc1Br. The van der Waals surface area contributed by atoms with Gasteiger partial charge in [-0.05, 0) is 62.1 Å². The molecule has 0 aromatic heterocycles. The third kappa shape index (κ3) is 7.77. The summed E-state index contributed by atoms with van der Waals surface area (Å²) in [5.74, 6) is 0.105. The molecule has 0 fully saturated rings. The Hall–Kier alpha value is -1.35. The smallest absolute Gasteiger partial charge is 0.230 e. The highest BCUT2D eigenvalue weighted by Crippen LogP contribution is 2.28. The second-order valence-electron chi connectivity index (χ2n) is 7.23. The Morgan fingerprint density at radius 2 is 1.76 bits per heavy atom. The molecule has 0 saturated heterocycles. The van der Waals surface area contributed by atoms with Crippen molar-refractivity contribution in [3.8, 4) is 0 Å². The molecule has 0 heterocycles. The van der Waals surface area contributed by atoms with Gasteiger partial charge in [0.15, 0.2) is 0 Å². The lowest BCUT2D eigenvalue weighted by atomic mass is 10.1. The molecule has 0 atom stereocenters. The first-order chi connectivity index (χ1) is 13.6. The van der Waals surface area contributed by atoms with Crippen LogP contribution in [0, 0.1) is 13.8 Å². The first kappa shape index (κ1) is 23.9. The molecule has 8 heteroatoms. The van der Waals surface area contributed by atoms with Crippen molar-refractivity contribution in [1.82, 2.24) is 10.0 Å². The number of carbonyl (C=O) groups is 1. The molecule has 158 valence electrons. The standard InChI is InChI=1S/C21H27BrN2O3S2/c1-14(2)24-29(26,27)13-18-8-6-5-7-17(18)11-23-21(25)12-28-20-10-15(3)19(22)9-16(20)4/h5-10,14,24H,11-13H2,1-4H3,(H,23,25).